The van der Waals surface area contributed by atoms with E-state index in [0.29, 0.717) is 5.92 Å². The van der Waals surface area contributed by atoms with Gasteiger partial charge in [0.15, 0.2) is 0 Å². The number of aliphatic carboxylic acids is 1. The molecule has 1 saturated carbocycles. The van der Waals surface area contributed by atoms with E-state index in [1.165, 1.54) is 11.1 Å². The lowest BCUT2D eigenvalue weighted by atomic mass is 9.81. The normalized spacial score (nSPS) is 23.1. The minimum absolute atomic E-state index is 0.134. The van der Waals surface area contributed by atoms with Gasteiger partial charge in [-0.15, -0.1) is 0 Å². The molecule has 2 aliphatic rings. The second-order valence-electron chi connectivity index (χ2n) is 5.42. The maximum atomic E-state index is 11.1. The molecule has 90 valence electrons. The SMILES string of the molecule is NC(C(=O)O)C1(C2Cc3ccccc3C2)CC1. The van der Waals surface area contributed by atoms with Gasteiger partial charge in [-0.25, -0.2) is 0 Å². The van der Waals surface area contributed by atoms with Gasteiger partial charge in [0.05, 0.1) is 0 Å². The van der Waals surface area contributed by atoms with Crippen LogP contribution in [0, 0.1) is 11.3 Å². The quantitative estimate of drug-likeness (QED) is 0.830. The first-order valence-electron chi connectivity index (χ1n) is 6.19. The minimum Gasteiger partial charge on any atom is -0.480 e. The summed E-state index contributed by atoms with van der Waals surface area (Å²) >= 11 is 0. The summed E-state index contributed by atoms with van der Waals surface area (Å²) < 4.78 is 0. The highest BCUT2D eigenvalue weighted by Crippen LogP contribution is 2.57. The van der Waals surface area contributed by atoms with Crippen molar-refractivity contribution in [1.29, 1.82) is 0 Å². The number of benzene rings is 1. The first-order valence-corrected chi connectivity index (χ1v) is 6.19. The zero-order valence-electron chi connectivity index (χ0n) is 9.73. The number of rotatable bonds is 3. The Labute approximate surface area is 101 Å². The lowest BCUT2D eigenvalue weighted by molar-refractivity contribution is -0.141. The Balaban J connectivity index is 1.83. The molecule has 1 unspecified atom stereocenters. The number of hydrogen-bond donors (Lipinski definition) is 2. The fourth-order valence-electron chi connectivity index (χ4n) is 3.33. The van der Waals surface area contributed by atoms with Gasteiger partial charge in [-0.1, -0.05) is 24.3 Å². The molecule has 0 saturated heterocycles. The summed E-state index contributed by atoms with van der Waals surface area (Å²) in [4.78, 5) is 11.1. The monoisotopic (exact) mass is 231 g/mol. The van der Waals surface area contributed by atoms with E-state index in [4.69, 9.17) is 10.8 Å². The first-order chi connectivity index (χ1) is 8.13. The van der Waals surface area contributed by atoms with Crippen LogP contribution in [0.4, 0.5) is 0 Å². The van der Waals surface area contributed by atoms with Gasteiger partial charge in [-0.05, 0) is 48.1 Å². The predicted molar refractivity (Wildman–Crippen MR) is 64.6 cm³/mol. The molecule has 17 heavy (non-hydrogen) atoms. The molecule has 0 spiro atoms. The summed E-state index contributed by atoms with van der Waals surface area (Å²) in [6.45, 7) is 0. The molecule has 0 bridgehead atoms. The summed E-state index contributed by atoms with van der Waals surface area (Å²) in [6, 6.07) is 7.72. The number of hydrogen-bond acceptors (Lipinski definition) is 2. The van der Waals surface area contributed by atoms with Crippen molar-refractivity contribution < 1.29 is 9.90 Å². The zero-order valence-corrected chi connectivity index (χ0v) is 9.73. The molecule has 0 amide bonds. The third kappa shape index (κ3) is 1.57. The molecular formula is C14H17NO2. The van der Waals surface area contributed by atoms with Crippen molar-refractivity contribution in [2.45, 2.75) is 31.7 Å². The molecular weight excluding hydrogens is 214 g/mol. The van der Waals surface area contributed by atoms with Crippen LogP contribution in [-0.4, -0.2) is 17.1 Å². The van der Waals surface area contributed by atoms with Crippen LogP contribution in [-0.2, 0) is 17.6 Å². The second-order valence-corrected chi connectivity index (χ2v) is 5.42. The van der Waals surface area contributed by atoms with Crippen LogP contribution in [0.2, 0.25) is 0 Å². The van der Waals surface area contributed by atoms with Gasteiger partial charge >= 0.3 is 5.97 Å². The highest BCUT2D eigenvalue weighted by Gasteiger charge is 2.56. The molecule has 1 aromatic rings. The van der Waals surface area contributed by atoms with E-state index in [-0.39, 0.29) is 5.41 Å². The molecule has 3 N–H and O–H groups in total. The lowest BCUT2D eigenvalue weighted by Gasteiger charge is -2.26. The summed E-state index contributed by atoms with van der Waals surface area (Å²) in [5, 5.41) is 9.11. The Bertz CT molecular complexity index is 440. The summed E-state index contributed by atoms with van der Waals surface area (Å²) in [5.74, 6) is -0.426. The Kier molecular flexibility index (Phi) is 2.26. The van der Waals surface area contributed by atoms with E-state index >= 15 is 0 Å². The lowest BCUT2D eigenvalue weighted by Crippen LogP contribution is -2.43. The molecule has 3 heteroatoms. The second kappa shape index (κ2) is 3.57. The van der Waals surface area contributed by atoms with Gasteiger partial charge in [0.2, 0.25) is 0 Å². The van der Waals surface area contributed by atoms with Crippen LogP contribution >= 0.6 is 0 Å². The van der Waals surface area contributed by atoms with Crippen molar-refractivity contribution in [3.63, 3.8) is 0 Å². The molecule has 0 aromatic heterocycles. The molecule has 1 fully saturated rings. The maximum Gasteiger partial charge on any atom is 0.321 e. The van der Waals surface area contributed by atoms with Crippen LogP contribution in [0.1, 0.15) is 24.0 Å². The molecule has 0 radical (unpaired) electrons. The largest absolute Gasteiger partial charge is 0.480 e. The number of carbonyl (C=O) groups is 1. The van der Waals surface area contributed by atoms with Crippen molar-refractivity contribution in [2.75, 3.05) is 0 Å². The average molecular weight is 231 g/mol. The van der Waals surface area contributed by atoms with Crippen LogP contribution in [0.15, 0.2) is 24.3 Å². The van der Waals surface area contributed by atoms with Crippen molar-refractivity contribution in [2.24, 2.45) is 17.1 Å². The van der Waals surface area contributed by atoms with Gasteiger partial charge in [0.25, 0.3) is 0 Å². The van der Waals surface area contributed by atoms with Gasteiger partial charge in [-0.2, -0.15) is 0 Å². The number of carboxylic acid groups (broad SMARTS) is 1. The van der Waals surface area contributed by atoms with Gasteiger partial charge in [0, 0.05) is 0 Å². The molecule has 1 atom stereocenters. The van der Waals surface area contributed by atoms with E-state index in [9.17, 15) is 4.79 Å². The highest BCUT2D eigenvalue weighted by molar-refractivity contribution is 5.75. The minimum atomic E-state index is -0.849. The standard InChI is InChI=1S/C14H17NO2/c15-12(13(16)17)14(5-6-14)11-7-9-3-1-2-4-10(9)8-11/h1-4,11-12H,5-8,15H2,(H,16,17). The van der Waals surface area contributed by atoms with E-state index < -0.39 is 12.0 Å². The van der Waals surface area contributed by atoms with Crippen molar-refractivity contribution >= 4 is 5.97 Å². The number of carboxylic acids is 1. The summed E-state index contributed by atoms with van der Waals surface area (Å²) in [5.41, 5.74) is 8.49. The van der Waals surface area contributed by atoms with Crippen LogP contribution < -0.4 is 5.73 Å². The van der Waals surface area contributed by atoms with E-state index in [1.54, 1.807) is 0 Å². The van der Waals surface area contributed by atoms with Crippen molar-refractivity contribution in [1.82, 2.24) is 0 Å². The Morgan fingerprint density at radius 2 is 1.82 bits per heavy atom. The topological polar surface area (TPSA) is 63.3 Å². The first kappa shape index (κ1) is 10.8. The summed E-state index contributed by atoms with van der Waals surface area (Å²) in [6.07, 6.45) is 3.94. The van der Waals surface area contributed by atoms with Gasteiger partial charge in [-0.3, -0.25) is 4.79 Å². The molecule has 0 heterocycles. The third-order valence-electron chi connectivity index (χ3n) is 4.58. The van der Waals surface area contributed by atoms with Gasteiger partial charge in [0.1, 0.15) is 6.04 Å². The third-order valence-corrected chi connectivity index (χ3v) is 4.58. The van der Waals surface area contributed by atoms with Crippen LogP contribution in [0.3, 0.4) is 0 Å². The van der Waals surface area contributed by atoms with Crippen molar-refractivity contribution in [3.05, 3.63) is 35.4 Å². The highest BCUT2D eigenvalue weighted by atomic mass is 16.4. The molecule has 2 aliphatic carbocycles. The predicted octanol–water partition coefficient (Wildman–Crippen LogP) is 1.59. The molecule has 3 rings (SSSR count). The molecule has 3 nitrogen and oxygen atoms in total. The number of fused-ring (bicyclic) bond motifs is 1. The maximum absolute atomic E-state index is 11.1. The average Bonchev–Trinajstić information content (AvgIpc) is 3.01. The van der Waals surface area contributed by atoms with E-state index in [1.807, 2.05) is 0 Å². The van der Waals surface area contributed by atoms with Crippen molar-refractivity contribution in [3.8, 4) is 0 Å². The Morgan fingerprint density at radius 1 is 1.29 bits per heavy atom. The van der Waals surface area contributed by atoms with E-state index in [0.717, 1.165) is 25.7 Å². The Hall–Kier alpha value is -1.35. The molecule has 0 aliphatic heterocycles. The fraction of sp³-hybridized carbons (Fsp3) is 0.500. The molecule has 1 aromatic carbocycles. The summed E-state index contributed by atoms with van der Waals surface area (Å²) in [7, 11) is 0. The zero-order chi connectivity index (χ0) is 12.0. The van der Waals surface area contributed by atoms with Crippen LogP contribution in [0.5, 0.6) is 0 Å². The Morgan fingerprint density at radius 3 is 2.24 bits per heavy atom. The van der Waals surface area contributed by atoms with Gasteiger partial charge < -0.3 is 10.8 Å². The fourth-order valence-corrected chi connectivity index (χ4v) is 3.33. The number of nitrogens with two attached hydrogens (primary N) is 1. The van der Waals surface area contributed by atoms with Crippen LogP contribution in [0.25, 0.3) is 0 Å². The smallest absolute Gasteiger partial charge is 0.321 e. The van der Waals surface area contributed by atoms with E-state index in [2.05, 4.69) is 24.3 Å².